The summed E-state index contributed by atoms with van der Waals surface area (Å²) in [5.41, 5.74) is 6.63. The fourth-order valence-corrected chi connectivity index (χ4v) is 3.31. The van der Waals surface area contributed by atoms with Gasteiger partial charge in [0.15, 0.2) is 5.78 Å². The van der Waals surface area contributed by atoms with Gasteiger partial charge in [-0.1, -0.05) is 0 Å². The Morgan fingerprint density at radius 2 is 2.12 bits per heavy atom. The number of carbonyl (C=O) groups excluding carboxylic acids is 1. The van der Waals surface area contributed by atoms with E-state index in [2.05, 4.69) is 10.2 Å². The number of Topliss-reactive ketones (excluding diaryl/α,β-unsaturated/α-hetero) is 1. The van der Waals surface area contributed by atoms with Crippen molar-refractivity contribution in [3.05, 3.63) is 10.9 Å². The molecule has 1 aromatic rings. The van der Waals surface area contributed by atoms with E-state index < -0.39 is 0 Å². The molecule has 1 aliphatic heterocycles. The highest BCUT2D eigenvalue weighted by Gasteiger charge is 2.33. The molecular formula is C12H17N3OS. The zero-order valence-corrected chi connectivity index (χ0v) is 10.6. The first kappa shape index (κ1) is 11.0. The second-order valence-electron chi connectivity index (χ2n) is 4.74. The Morgan fingerprint density at radius 1 is 1.41 bits per heavy atom. The summed E-state index contributed by atoms with van der Waals surface area (Å²) in [6.07, 6.45) is 2.08. The molecule has 17 heavy (non-hydrogen) atoms. The first-order valence-corrected chi connectivity index (χ1v) is 6.96. The number of nitrogens with two attached hydrogens (primary N) is 1. The Balaban J connectivity index is 1.81. The normalized spacial score (nSPS) is 20.6. The molecule has 1 saturated carbocycles. The van der Waals surface area contributed by atoms with E-state index in [1.165, 1.54) is 0 Å². The number of piperazine rings is 1. The lowest BCUT2D eigenvalue weighted by Gasteiger charge is -2.27. The molecule has 2 aliphatic rings. The Morgan fingerprint density at radius 3 is 2.76 bits per heavy atom. The Labute approximate surface area is 105 Å². The average Bonchev–Trinajstić information content (AvgIpc) is 3.13. The first-order chi connectivity index (χ1) is 8.25. The molecule has 1 aromatic heterocycles. The lowest BCUT2D eigenvalue weighted by Crippen LogP contribution is -2.43. The maximum Gasteiger partial charge on any atom is 0.178 e. The average molecular weight is 251 g/mol. The number of hydrogen-bond donors (Lipinski definition) is 2. The van der Waals surface area contributed by atoms with Crippen molar-refractivity contribution in [2.75, 3.05) is 36.8 Å². The third-order valence-electron chi connectivity index (χ3n) is 3.35. The minimum atomic E-state index is 0.256. The van der Waals surface area contributed by atoms with Crippen molar-refractivity contribution in [3.8, 4) is 0 Å². The number of anilines is 2. The molecule has 3 N–H and O–H groups in total. The largest absolute Gasteiger partial charge is 0.397 e. The van der Waals surface area contributed by atoms with Crippen LogP contribution in [0.5, 0.6) is 0 Å². The topological polar surface area (TPSA) is 58.4 Å². The van der Waals surface area contributed by atoms with Gasteiger partial charge in [-0.25, -0.2) is 0 Å². The molecule has 0 unspecified atom stereocenters. The minimum Gasteiger partial charge on any atom is -0.397 e. The third kappa shape index (κ3) is 2.17. The summed E-state index contributed by atoms with van der Waals surface area (Å²) < 4.78 is 0. The van der Waals surface area contributed by atoms with Gasteiger partial charge in [-0.05, 0) is 18.9 Å². The molecule has 4 nitrogen and oxygen atoms in total. The van der Waals surface area contributed by atoms with Crippen LogP contribution in [-0.4, -0.2) is 32.0 Å². The summed E-state index contributed by atoms with van der Waals surface area (Å²) in [5.74, 6) is 0.515. The summed E-state index contributed by atoms with van der Waals surface area (Å²) in [6, 6.07) is 1.96. The van der Waals surface area contributed by atoms with Gasteiger partial charge in [-0.15, -0.1) is 11.3 Å². The van der Waals surface area contributed by atoms with Crippen molar-refractivity contribution in [2.45, 2.75) is 12.8 Å². The van der Waals surface area contributed by atoms with Gasteiger partial charge in [-0.3, -0.25) is 4.79 Å². The van der Waals surface area contributed by atoms with Gasteiger partial charge in [-0.2, -0.15) is 0 Å². The van der Waals surface area contributed by atoms with E-state index in [9.17, 15) is 4.79 Å². The Hall–Kier alpha value is -1.07. The molecule has 0 aromatic carbocycles. The lowest BCUT2D eigenvalue weighted by atomic mass is 10.2. The number of rotatable bonds is 3. The molecule has 2 heterocycles. The summed E-state index contributed by atoms with van der Waals surface area (Å²) in [7, 11) is 0. The molecule has 0 amide bonds. The molecule has 5 heteroatoms. The summed E-state index contributed by atoms with van der Waals surface area (Å²) in [6.45, 7) is 4.00. The van der Waals surface area contributed by atoms with Crippen LogP contribution in [0.25, 0.3) is 0 Å². The van der Waals surface area contributed by atoms with Crippen molar-refractivity contribution in [1.82, 2.24) is 5.32 Å². The van der Waals surface area contributed by atoms with Gasteiger partial charge in [0, 0.05) is 32.1 Å². The van der Waals surface area contributed by atoms with E-state index in [1.807, 2.05) is 6.07 Å². The van der Waals surface area contributed by atoms with Crippen molar-refractivity contribution < 1.29 is 4.79 Å². The Kier molecular flexibility index (Phi) is 2.80. The van der Waals surface area contributed by atoms with Gasteiger partial charge >= 0.3 is 0 Å². The van der Waals surface area contributed by atoms with E-state index in [1.54, 1.807) is 11.3 Å². The standard InChI is InChI=1S/C12H17N3OS/c13-9-7-10(15-5-3-14-4-6-15)17-12(9)11(16)8-1-2-8/h7-8,14H,1-6,13H2. The molecule has 0 bridgehead atoms. The van der Waals surface area contributed by atoms with E-state index in [-0.39, 0.29) is 11.7 Å². The van der Waals surface area contributed by atoms with Crippen LogP contribution >= 0.6 is 11.3 Å². The van der Waals surface area contributed by atoms with Gasteiger partial charge in [0.1, 0.15) is 0 Å². The molecule has 92 valence electrons. The van der Waals surface area contributed by atoms with Crippen LogP contribution in [0.15, 0.2) is 6.07 Å². The summed E-state index contributed by atoms with van der Waals surface area (Å²) >= 11 is 1.57. The number of ketones is 1. The number of hydrogen-bond acceptors (Lipinski definition) is 5. The molecule has 1 aliphatic carbocycles. The quantitative estimate of drug-likeness (QED) is 0.796. The SMILES string of the molecule is Nc1cc(N2CCNCC2)sc1C(=O)C1CC1. The van der Waals surface area contributed by atoms with Crippen LogP contribution in [0.2, 0.25) is 0 Å². The highest BCUT2D eigenvalue weighted by Crippen LogP contribution is 2.39. The molecular weight excluding hydrogens is 234 g/mol. The van der Waals surface area contributed by atoms with Gasteiger partial charge in [0.2, 0.25) is 0 Å². The highest BCUT2D eigenvalue weighted by atomic mass is 32.1. The monoisotopic (exact) mass is 251 g/mol. The highest BCUT2D eigenvalue weighted by molar-refractivity contribution is 7.18. The minimum absolute atomic E-state index is 0.256. The third-order valence-corrected chi connectivity index (χ3v) is 4.57. The summed E-state index contributed by atoms with van der Waals surface area (Å²) in [4.78, 5) is 15.1. The van der Waals surface area contributed by atoms with E-state index >= 15 is 0 Å². The number of thiophene rings is 1. The Bertz CT molecular complexity index is 433. The van der Waals surface area contributed by atoms with Crippen molar-refractivity contribution in [2.24, 2.45) is 5.92 Å². The molecule has 3 rings (SSSR count). The lowest BCUT2D eigenvalue weighted by molar-refractivity contribution is 0.0972. The van der Waals surface area contributed by atoms with E-state index in [4.69, 9.17) is 5.73 Å². The molecule has 0 atom stereocenters. The van der Waals surface area contributed by atoms with E-state index in [0.29, 0.717) is 5.69 Å². The maximum absolute atomic E-state index is 12.0. The van der Waals surface area contributed by atoms with Gasteiger partial charge in [0.25, 0.3) is 0 Å². The molecule has 0 spiro atoms. The fourth-order valence-electron chi connectivity index (χ4n) is 2.16. The van der Waals surface area contributed by atoms with Crippen molar-refractivity contribution >= 4 is 27.8 Å². The number of nitrogen functional groups attached to an aromatic ring is 1. The van der Waals surface area contributed by atoms with Crippen molar-refractivity contribution in [1.29, 1.82) is 0 Å². The summed E-state index contributed by atoms with van der Waals surface area (Å²) in [5, 5.41) is 4.47. The van der Waals surface area contributed by atoms with Crippen LogP contribution in [0.4, 0.5) is 10.7 Å². The van der Waals surface area contributed by atoms with Crippen molar-refractivity contribution in [3.63, 3.8) is 0 Å². The molecule has 1 saturated heterocycles. The maximum atomic E-state index is 12.0. The molecule has 0 radical (unpaired) electrons. The zero-order valence-electron chi connectivity index (χ0n) is 9.74. The van der Waals surface area contributed by atoms with Crippen LogP contribution in [0.3, 0.4) is 0 Å². The van der Waals surface area contributed by atoms with Crippen LogP contribution in [0.1, 0.15) is 22.5 Å². The van der Waals surface area contributed by atoms with Crippen LogP contribution < -0.4 is 16.0 Å². The number of nitrogens with zero attached hydrogens (tertiary/aromatic N) is 1. The van der Waals surface area contributed by atoms with Gasteiger partial charge in [0.05, 0.1) is 15.6 Å². The van der Waals surface area contributed by atoms with Gasteiger partial charge < -0.3 is 16.0 Å². The number of carbonyl (C=O) groups is 1. The fraction of sp³-hybridized carbons (Fsp3) is 0.583. The predicted octanol–water partition coefficient (Wildman–Crippen LogP) is 1.33. The van der Waals surface area contributed by atoms with Crippen LogP contribution in [0, 0.1) is 5.92 Å². The smallest absolute Gasteiger partial charge is 0.178 e. The van der Waals surface area contributed by atoms with Crippen LogP contribution in [-0.2, 0) is 0 Å². The first-order valence-electron chi connectivity index (χ1n) is 6.15. The second-order valence-corrected chi connectivity index (χ2v) is 5.78. The van der Waals surface area contributed by atoms with E-state index in [0.717, 1.165) is 48.9 Å². The predicted molar refractivity (Wildman–Crippen MR) is 70.9 cm³/mol. The number of nitrogens with one attached hydrogen (secondary N) is 1. The second kappa shape index (κ2) is 4.31. The molecule has 2 fully saturated rings. The zero-order chi connectivity index (χ0) is 11.8.